The second kappa shape index (κ2) is 8.34. The lowest BCUT2D eigenvalue weighted by molar-refractivity contribution is -0.0168. The highest BCUT2D eigenvalue weighted by Crippen LogP contribution is 2.29. The van der Waals surface area contributed by atoms with Crippen LogP contribution in [0, 0.1) is 0 Å². The molecular weight excluding hydrogens is 395 g/mol. The number of ether oxygens (including phenoxy) is 1. The molecule has 0 bridgehead atoms. The molecule has 6 heteroatoms. The van der Waals surface area contributed by atoms with Crippen LogP contribution in [0.2, 0.25) is 10.0 Å². The average Bonchev–Trinajstić information content (AvgIpc) is 3.07. The molecule has 1 fully saturated rings. The maximum absolute atomic E-state index is 11.0. The van der Waals surface area contributed by atoms with Crippen LogP contribution in [0.4, 0.5) is 0 Å². The Hall–Kier alpha value is -1.72. The molecule has 148 valence electrons. The number of nitrogens with one attached hydrogen (secondary N) is 1. The van der Waals surface area contributed by atoms with Gasteiger partial charge in [0.2, 0.25) is 0 Å². The van der Waals surface area contributed by atoms with Gasteiger partial charge in [0.15, 0.2) is 0 Å². The fourth-order valence-corrected chi connectivity index (χ4v) is 4.07. The summed E-state index contributed by atoms with van der Waals surface area (Å²) in [4.78, 5) is 5.64. The van der Waals surface area contributed by atoms with Gasteiger partial charge in [-0.25, -0.2) is 0 Å². The molecule has 1 saturated heterocycles. The van der Waals surface area contributed by atoms with Crippen molar-refractivity contribution in [3.05, 3.63) is 64.3 Å². The predicted molar refractivity (Wildman–Crippen MR) is 114 cm³/mol. The second-order valence-corrected chi connectivity index (χ2v) is 8.43. The number of aliphatic hydroxyl groups is 1. The first-order chi connectivity index (χ1) is 13.5. The Morgan fingerprint density at radius 1 is 1.04 bits per heavy atom. The minimum atomic E-state index is -0.828. The van der Waals surface area contributed by atoms with Gasteiger partial charge in [-0.2, -0.15) is 0 Å². The molecular formula is C22H24Cl2N2O2. The Labute approximate surface area is 175 Å². The largest absolute Gasteiger partial charge is 0.491 e. The maximum atomic E-state index is 11.0. The third-order valence-corrected chi connectivity index (χ3v) is 6.17. The second-order valence-electron chi connectivity index (χ2n) is 7.62. The van der Waals surface area contributed by atoms with E-state index < -0.39 is 5.60 Å². The number of nitrogens with zero attached hydrogens (tertiary/aromatic N) is 1. The van der Waals surface area contributed by atoms with Crippen molar-refractivity contribution in [2.75, 3.05) is 19.7 Å². The lowest BCUT2D eigenvalue weighted by Crippen LogP contribution is -2.37. The lowest BCUT2D eigenvalue weighted by Gasteiger charge is -2.27. The Morgan fingerprint density at radius 3 is 2.79 bits per heavy atom. The van der Waals surface area contributed by atoms with Crippen LogP contribution in [0.1, 0.15) is 24.8 Å². The molecule has 1 atom stereocenters. The fourth-order valence-electron chi connectivity index (χ4n) is 3.78. The van der Waals surface area contributed by atoms with E-state index in [1.54, 1.807) is 18.2 Å². The molecule has 3 aromatic rings. The average molecular weight is 419 g/mol. The van der Waals surface area contributed by atoms with E-state index in [4.69, 9.17) is 27.9 Å². The van der Waals surface area contributed by atoms with Gasteiger partial charge in [-0.15, -0.1) is 0 Å². The molecule has 4 rings (SSSR count). The van der Waals surface area contributed by atoms with Crippen LogP contribution in [0.15, 0.2) is 48.7 Å². The fraction of sp³-hybridized carbons (Fsp3) is 0.364. The zero-order chi connectivity index (χ0) is 19.6. The van der Waals surface area contributed by atoms with Crippen molar-refractivity contribution >= 4 is 34.1 Å². The van der Waals surface area contributed by atoms with E-state index in [0.29, 0.717) is 22.2 Å². The van der Waals surface area contributed by atoms with Crippen molar-refractivity contribution in [2.24, 2.45) is 0 Å². The van der Waals surface area contributed by atoms with Crippen molar-refractivity contribution in [1.29, 1.82) is 0 Å². The van der Waals surface area contributed by atoms with E-state index >= 15 is 0 Å². The Morgan fingerprint density at radius 2 is 1.93 bits per heavy atom. The van der Waals surface area contributed by atoms with Gasteiger partial charge < -0.3 is 14.8 Å². The summed E-state index contributed by atoms with van der Waals surface area (Å²) >= 11 is 12.0. The molecule has 2 N–H and O–H groups in total. The van der Waals surface area contributed by atoms with Gasteiger partial charge in [-0.1, -0.05) is 29.3 Å². The summed E-state index contributed by atoms with van der Waals surface area (Å²) in [5.41, 5.74) is 1.63. The van der Waals surface area contributed by atoms with Gasteiger partial charge in [0.25, 0.3) is 0 Å². The SMILES string of the molecule is OC1(COc2ccc(Cl)c(Cl)c2)CCCN(Cc2ccc3[nH]ccc3c2)CC1. The van der Waals surface area contributed by atoms with Crippen LogP contribution in [0.5, 0.6) is 5.75 Å². The van der Waals surface area contributed by atoms with E-state index in [2.05, 4.69) is 34.1 Å². The highest BCUT2D eigenvalue weighted by Gasteiger charge is 2.31. The van der Waals surface area contributed by atoms with Gasteiger partial charge >= 0.3 is 0 Å². The molecule has 0 spiro atoms. The minimum Gasteiger partial charge on any atom is -0.491 e. The molecule has 4 nitrogen and oxygen atoms in total. The van der Waals surface area contributed by atoms with Crippen LogP contribution in [-0.2, 0) is 6.54 Å². The molecule has 28 heavy (non-hydrogen) atoms. The molecule has 0 amide bonds. The number of likely N-dealkylation sites (tertiary alicyclic amines) is 1. The summed E-state index contributed by atoms with van der Waals surface area (Å²) in [5, 5.41) is 13.2. The number of H-pyrrole nitrogens is 1. The number of hydrogen-bond donors (Lipinski definition) is 2. The zero-order valence-electron chi connectivity index (χ0n) is 15.6. The molecule has 1 aliphatic heterocycles. The first-order valence-corrected chi connectivity index (χ1v) is 10.3. The van der Waals surface area contributed by atoms with Crippen molar-refractivity contribution in [1.82, 2.24) is 9.88 Å². The third-order valence-electron chi connectivity index (χ3n) is 5.43. The third kappa shape index (κ3) is 4.64. The first kappa shape index (κ1) is 19.6. The molecule has 1 aliphatic rings. The van der Waals surface area contributed by atoms with E-state index in [0.717, 1.165) is 38.0 Å². The van der Waals surface area contributed by atoms with Crippen LogP contribution >= 0.6 is 23.2 Å². The Kier molecular flexibility index (Phi) is 5.83. The number of halogens is 2. The topological polar surface area (TPSA) is 48.5 Å². The van der Waals surface area contributed by atoms with Crippen LogP contribution in [-0.4, -0.2) is 40.3 Å². The summed E-state index contributed by atoms with van der Waals surface area (Å²) < 4.78 is 5.82. The number of hydrogen-bond acceptors (Lipinski definition) is 3. The Balaban J connectivity index is 1.34. The summed E-state index contributed by atoms with van der Waals surface area (Å²) in [6, 6.07) is 13.8. The lowest BCUT2D eigenvalue weighted by atomic mass is 9.96. The quantitative estimate of drug-likeness (QED) is 0.592. The van der Waals surface area contributed by atoms with Gasteiger partial charge in [0.1, 0.15) is 12.4 Å². The predicted octanol–water partition coefficient (Wildman–Crippen LogP) is 5.27. The smallest absolute Gasteiger partial charge is 0.121 e. The van der Waals surface area contributed by atoms with Gasteiger partial charge in [-0.3, -0.25) is 4.90 Å². The van der Waals surface area contributed by atoms with Gasteiger partial charge in [-0.05, 0) is 67.1 Å². The van der Waals surface area contributed by atoms with Crippen molar-refractivity contribution < 1.29 is 9.84 Å². The maximum Gasteiger partial charge on any atom is 0.121 e. The number of aromatic amines is 1. The zero-order valence-corrected chi connectivity index (χ0v) is 17.1. The molecule has 2 heterocycles. The van der Waals surface area contributed by atoms with Crippen molar-refractivity contribution in [3.8, 4) is 5.75 Å². The van der Waals surface area contributed by atoms with E-state index in [1.807, 2.05) is 6.20 Å². The molecule has 0 saturated carbocycles. The van der Waals surface area contributed by atoms with Crippen LogP contribution < -0.4 is 4.74 Å². The molecule has 1 aromatic heterocycles. The first-order valence-electron chi connectivity index (χ1n) is 9.59. The highest BCUT2D eigenvalue weighted by atomic mass is 35.5. The molecule has 1 unspecified atom stereocenters. The standard InChI is InChI=1S/C22H24Cl2N2O2/c23-19-4-3-18(13-20(19)24)28-15-22(27)7-1-10-26(11-8-22)14-16-2-5-21-17(12-16)6-9-25-21/h2-6,9,12-13,25,27H,1,7-8,10-11,14-15H2. The van der Waals surface area contributed by atoms with E-state index in [1.165, 1.54) is 10.9 Å². The number of fused-ring (bicyclic) bond motifs is 1. The van der Waals surface area contributed by atoms with Crippen LogP contribution in [0.25, 0.3) is 10.9 Å². The number of benzene rings is 2. The molecule has 0 radical (unpaired) electrons. The minimum absolute atomic E-state index is 0.258. The van der Waals surface area contributed by atoms with Crippen molar-refractivity contribution in [2.45, 2.75) is 31.4 Å². The van der Waals surface area contributed by atoms with E-state index in [9.17, 15) is 5.11 Å². The van der Waals surface area contributed by atoms with Gasteiger partial charge in [0.05, 0.1) is 15.6 Å². The van der Waals surface area contributed by atoms with Gasteiger partial charge in [0, 0.05) is 30.9 Å². The number of rotatable bonds is 5. The molecule has 2 aromatic carbocycles. The molecule has 0 aliphatic carbocycles. The normalized spacial score (nSPS) is 21.0. The summed E-state index contributed by atoms with van der Waals surface area (Å²) in [7, 11) is 0. The van der Waals surface area contributed by atoms with E-state index in [-0.39, 0.29) is 6.61 Å². The van der Waals surface area contributed by atoms with Crippen LogP contribution in [0.3, 0.4) is 0 Å². The monoisotopic (exact) mass is 418 g/mol. The Bertz CT molecular complexity index is 959. The summed E-state index contributed by atoms with van der Waals surface area (Å²) in [6.45, 7) is 2.96. The van der Waals surface area contributed by atoms with Crippen molar-refractivity contribution in [3.63, 3.8) is 0 Å². The number of aromatic nitrogens is 1. The summed E-state index contributed by atoms with van der Waals surface area (Å²) in [5.74, 6) is 0.628. The highest BCUT2D eigenvalue weighted by molar-refractivity contribution is 6.42. The summed E-state index contributed by atoms with van der Waals surface area (Å²) in [6.07, 6.45) is 4.31.